The Morgan fingerprint density at radius 3 is 2.23 bits per heavy atom. The maximum absolute atomic E-state index is 13.9. The minimum Gasteiger partial charge on any atom is -0.320 e. The fourth-order valence-corrected chi connectivity index (χ4v) is 4.46. The lowest BCUT2D eigenvalue weighted by molar-refractivity contribution is -0.116. The maximum atomic E-state index is 13.9. The zero-order valence-electron chi connectivity index (χ0n) is 16.5. The minimum absolute atomic E-state index is 0.0607. The van der Waals surface area contributed by atoms with Crippen molar-refractivity contribution in [1.82, 2.24) is 4.31 Å². The van der Waals surface area contributed by atoms with E-state index < -0.39 is 39.8 Å². The highest BCUT2D eigenvalue weighted by atomic mass is 35.5. The van der Waals surface area contributed by atoms with Crippen molar-refractivity contribution in [2.75, 3.05) is 11.9 Å². The first-order valence-electron chi connectivity index (χ1n) is 9.22. The van der Waals surface area contributed by atoms with E-state index in [2.05, 4.69) is 5.32 Å². The average molecular weight is 465 g/mol. The van der Waals surface area contributed by atoms with Crippen LogP contribution < -0.4 is 5.32 Å². The van der Waals surface area contributed by atoms with E-state index in [9.17, 15) is 22.0 Å². The molecular weight excluding hydrogens is 446 g/mol. The molecule has 162 valence electrons. The highest BCUT2D eigenvalue weighted by molar-refractivity contribution is 7.89. The van der Waals surface area contributed by atoms with E-state index in [1.807, 2.05) is 13.0 Å². The van der Waals surface area contributed by atoms with Crippen LogP contribution in [0, 0.1) is 18.6 Å². The van der Waals surface area contributed by atoms with E-state index in [1.165, 1.54) is 24.3 Å². The molecule has 0 spiro atoms. The smallest absolute Gasteiger partial charge is 0.243 e. The summed E-state index contributed by atoms with van der Waals surface area (Å²) in [4.78, 5) is 12.5. The van der Waals surface area contributed by atoms with Crippen molar-refractivity contribution in [3.63, 3.8) is 0 Å². The number of amides is 1. The molecule has 9 heteroatoms. The number of para-hydroxylation sites is 1. The number of sulfonamides is 1. The first kappa shape index (κ1) is 22.9. The SMILES string of the molecule is Cc1cccc(CN(CC(=O)Nc2c(F)cccc2F)S(=O)(=O)c2ccc(Cl)cc2)c1. The van der Waals surface area contributed by atoms with Gasteiger partial charge in [-0.2, -0.15) is 4.31 Å². The lowest BCUT2D eigenvalue weighted by Crippen LogP contribution is -2.37. The van der Waals surface area contributed by atoms with Gasteiger partial charge in [-0.1, -0.05) is 47.5 Å². The average Bonchev–Trinajstić information content (AvgIpc) is 2.71. The highest BCUT2D eigenvalue weighted by Gasteiger charge is 2.27. The second-order valence-corrected chi connectivity index (χ2v) is 9.24. The van der Waals surface area contributed by atoms with Gasteiger partial charge >= 0.3 is 0 Å². The van der Waals surface area contributed by atoms with Crippen LogP contribution in [0.5, 0.6) is 0 Å². The molecule has 0 bridgehead atoms. The molecule has 0 aliphatic heterocycles. The standard InChI is InChI=1S/C22H19ClF2N2O3S/c1-15-4-2-5-16(12-15)13-27(31(29,30)18-10-8-17(23)9-11-18)14-21(28)26-22-19(24)6-3-7-20(22)25/h2-12H,13-14H2,1H3,(H,26,28). The van der Waals surface area contributed by atoms with Crippen LogP contribution in [0.25, 0.3) is 0 Å². The second-order valence-electron chi connectivity index (χ2n) is 6.86. The Hall–Kier alpha value is -2.81. The molecule has 0 saturated heterocycles. The third kappa shape index (κ3) is 5.66. The van der Waals surface area contributed by atoms with E-state index in [0.29, 0.717) is 10.6 Å². The Morgan fingerprint density at radius 1 is 1.00 bits per heavy atom. The van der Waals surface area contributed by atoms with Crippen LogP contribution in [0.1, 0.15) is 11.1 Å². The molecule has 0 radical (unpaired) electrons. The molecular formula is C22H19ClF2N2O3S. The number of nitrogens with one attached hydrogen (secondary N) is 1. The second kappa shape index (κ2) is 9.55. The molecule has 31 heavy (non-hydrogen) atoms. The van der Waals surface area contributed by atoms with Gasteiger partial charge in [0.15, 0.2) is 0 Å². The molecule has 0 unspecified atom stereocenters. The monoisotopic (exact) mass is 464 g/mol. The van der Waals surface area contributed by atoms with Crippen LogP contribution in [0.4, 0.5) is 14.5 Å². The summed E-state index contributed by atoms with van der Waals surface area (Å²) in [7, 11) is -4.11. The normalized spacial score (nSPS) is 11.5. The minimum atomic E-state index is -4.11. The molecule has 0 heterocycles. The Balaban J connectivity index is 1.91. The van der Waals surface area contributed by atoms with Crippen molar-refractivity contribution in [3.05, 3.63) is 94.5 Å². The summed E-state index contributed by atoms with van der Waals surface area (Å²) in [5.41, 5.74) is 0.938. The van der Waals surface area contributed by atoms with Crippen molar-refractivity contribution in [2.45, 2.75) is 18.4 Å². The summed E-state index contributed by atoms with van der Waals surface area (Å²) < 4.78 is 55.1. The number of rotatable bonds is 7. The number of benzene rings is 3. The van der Waals surface area contributed by atoms with Gasteiger partial charge < -0.3 is 5.32 Å². The fourth-order valence-electron chi connectivity index (χ4n) is 2.95. The van der Waals surface area contributed by atoms with E-state index in [1.54, 1.807) is 18.2 Å². The van der Waals surface area contributed by atoms with Crippen LogP contribution >= 0.6 is 11.6 Å². The lowest BCUT2D eigenvalue weighted by Gasteiger charge is -2.22. The first-order chi connectivity index (χ1) is 14.7. The van der Waals surface area contributed by atoms with Gasteiger partial charge in [0.2, 0.25) is 15.9 Å². The Labute approximate surface area is 184 Å². The Morgan fingerprint density at radius 2 is 1.61 bits per heavy atom. The third-order valence-electron chi connectivity index (χ3n) is 4.44. The predicted octanol–water partition coefficient (Wildman–Crippen LogP) is 4.76. The largest absolute Gasteiger partial charge is 0.320 e. The molecule has 5 nitrogen and oxygen atoms in total. The number of anilines is 1. The molecule has 3 aromatic rings. The number of aryl methyl sites for hydroxylation is 1. The van der Waals surface area contributed by atoms with Gasteiger partial charge in [-0.25, -0.2) is 17.2 Å². The van der Waals surface area contributed by atoms with Crippen LogP contribution in [-0.4, -0.2) is 25.2 Å². The topological polar surface area (TPSA) is 66.5 Å². The van der Waals surface area contributed by atoms with Crippen LogP contribution in [0.3, 0.4) is 0 Å². The first-order valence-corrected chi connectivity index (χ1v) is 11.0. The number of carbonyl (C=O) groups excluding carboxylic acids is 1. The molecule has 0 atom stereocenters. The molecule has 0 aliphatic carbocycles. The summed E-state index contributed by atoms with van der Waals surface area (Å²) in [6.07, 6.45) is 0. The number of hydrogen-bond acceptors (Lipinski definition) is 3. The molecule has 0 saturated carbocycles. The molecule has 3 rings (SSSR count). The number of carbonyl (C=O) groups is 1. The fraction of sp³-hybridized carbons (Fsp3) is 0.136. The molecule has 0 aliphatic rings. The van der Waals surface area contributed by atoms with E-state index in [-0.39, 0.29) is 11.4 Å². The van der Waals surface area contributed by atoms with Crippen molar-refractivity contribution in [3.8, 4) is 0 Å². The van der Waals surface area contributed by atoms with Gasteiger partial charge in [-0.05, 0) is 48.9 Å². The van der Waals surface area contributed by atoms with Crippen LogP contribution in [0.2, 0.25) is 5.02 Å². The Bertz CT molecular complexity index is 1180. The highest BCUT2D eigenvalue weighted by Crippen LogP contribution is 2.22. The van der Waals surface area contributed by atoms with Gasteiger partial charge in [0.25, 0.3) is 0 Å². The third-order valence-corrected chi connectivity index (χ3v) is 6.50. The molecule has 0 fully saturated rings. The number of halogens is 3. The van der Waals surface area contributed by atoms with Crippen LogP contribution in [-0.2, 0) is 21.4 Å². The summed E-state index contributed by atoms with van der Waals surface area (Å²) in [6, 6.07) is 15.8. The molecule has 3 aromatic carbocycles. The quantitative estimate of drug-likeness (QED) is 0.548. The van der Waals surface area contributed by atoms with Crippen LogP contribution in [0.15, 0.2) is 71.6 Å². The number of nitrogens with zero attached hydrogens (tertiary/aromatic N) is 1. The summed E-state index contributed by atoms with van der Waals surface area (Å²) in [5, 5.41) is 2.48. The van der Waals surface area contributed by atoms with Gasteiger partial charge in [0.05, 0.1) is 11.4 Å². The van der Waals surface area contributed by atoms with Gasteiger partial charge in [0.1, 0.15) is 17.3 Å². The van der Waals surface area contributed by atoms with Crippen molar-refractivity contribution < 1.29 is 22.0 Å². The van der Waals surface area contributed by atoms with Gasteiger partial charge in [-0.15, -0.1) is 0 Å². The van der Waals surface area contributed by atoms with Crippen molar-refractivity contribution in [2.24, 2.45) is 0 Å². The zero-order valence-corrected chi connectivity index (χ0v) is 18.1. The predicted molar refractivity (Wildman–Crippen MR) is 115 cm³/mol. The van der Waals surface area contributed by atoms with Crippen molar-refractivity contribution in [1.29, 1.82) is 0 Å². The van der Waals surface area contributed by atoms with Gasteiger partial charge in [0, 0.05) is 11.6 Å². The van der Waals surface area contributed by atoms with Gasteiger partial charge in [-0.3, -0.25) is 4.79 Å². The molecule has 0 aromatic heterocycles. The summed E-state index contributed by atoms with van der Waals surface area (Å²) in [6.45, 7) is 1.10. The lowest BCUT2D eigenvalue weighted by atomic mass is 10.1. The molecule has 1 N–H and O–H groups in total. The van der Waals surface area contributed by atoms with E-state index in [0.717, 1.165) is 28.1 Å². The van der Waals surface area contributed by atoms with Crippen molar-refractivity contribution >= 4 is 33.2 Å². The summed E-state index contributed by atoms with van der Waals surface area (Å²) in [5.74, 6) is -2.80. The van der Waals surface area contributed by atoms with E-state index >= 15 is 0 Å². The summed E-state index contributed by atoms with van der Waals surface area (Å²) >= 11 is 5.85. The Kier molecular flexibility index (Phi) is 7.04. The molecule has 1 amide bonds. The van der Waals surface area contributed by atoms with E-state index in [4.69, 9.17) is 11.6 Å². The number of hydrogen-bond donors (Lipinski definition) is 1. The zero-order chi connectivity index (χ0) is 22.6. The maximum Gasteiger partial charge on any atom is 0.243 e.